The smallest absolute Gasteiger partial charge is 0.271 e. The second-order valence-electron chi connectivity index (χ2n) is 9.91. The third-order valence-electron chi connectivity index (χ3n) is 7.08. The second kappa shape index (κ2) is 10.1. The number of carbonyl (C=O) groups is 2. The number of aryl methyl sites for hydroxylation is 1. The van der Waals surface area contributed by atoms with Gasteiger partial charge in [0, 0.05) is 35.9 Å². The van der Waals surface area contributed by atoms with E-state index in [0.29, 0.717) is 23.3 Å². The lowest BCUT2D eigenvalue weighted by Gasteiger charge is -2.27. The minimum absolute atomic E-state index is 0.00321. The first-order chi connectivity index (χ1) is 18.3. The van der Waals surface area contributed by atoms with Gasteiger partial charge in [0.25, 0.3) is 11.8 Å². The predicted octanol–water partition coefficient (Wildman–Crippen LogP) is 5.56. The molecule has 3 heterocycles. The van der Waals surface area contributed by atoms with E-state index < -0.39 is 5.91 Å². The summed E-state index contributed by atoms with van der Waals surface area (Å²) in [7, 11) is 0. The third kappa shape index (κ3) is 4.43. The zero-order valence-electron chi connectivity index (χ0n) is 22.1. The van der Waals surface area contributed by atoms with Crippen molar-refractivity contribution in [3.05, 3.63) is 82.1 Å². The number of benzene rings is 2. The number of hydrogen-bond donors (Lipinski definition) is 0. The van der Waals surface area contributed by atoms with Gasteiger partial charge in [-0.05, 0) is 74.2 Å². The van der Waals surface area contributed by atoms with E-state index in [-0.39, 0.29) is 24.1 Å². The van der Waals surface area contributed by atoms with Gasteiger partial charge >= 0.3 is 0 Å². The lowest BCUT2D eigenvalue weighted by atomic mass is 9.92. The Balaban J connectivity index is 1.69. The molecule has 0 aliphatic carbocycles. The molecule has 0 saturated heterocycles. The summed E-state index contributed by atoms with van der Waals surface area (Å²) < 4.78 is 7.80. The number of unbranched alkanes of at least 4 members (excludes halogenated alkanes) is 1. The molecule has 0 spiro atoms. The van der Waals surface area contributed by atoms with Crippen molar-refractivity contribution in [3.63, 3.8) is 0 Å². The van der Waals surface area contributed by atoms with Crippen LogP contribution >= 0.6 is 0 Å². The van der Waals surface area contributed by atoms with Crippen LogP contribution in [0.15, 0.2) is 65.4 Å². The molecule has 7 heteroatoms. The van der Waals surface area contributed by atoms with E-state index >= 15 is 0 Å². The van der Waals surface area contributed by atoms with E-state index in [1.165, 1.54) is 4.90 Å². The molecule has 38 heavy (non-hydrogen) atoms. The van der Waals surface area contributed by atoms with Gasteiger partial charge in [-0.15, -0.1) is 0 Å². The number of fused-ring (bicyclic) bond motifs is 1. The van der Waals surface area contributed by atoms with Crippen LogP contribution in [0.1, 0.15) is 50.3 Å². The number of nitriles is 1. The molecule has 0 saturated carbocycles. The monoisotopic (exact) mass is 506 g/mol. The van der Waals surface area contributed by atoms with Gasteiger partial charge in [-0.1, -0.05) is 31.5 Å². The van der Waals surface area contributed by atoms with E-state index in [4.69, 9.17) is 9.84 Å². The zero-order valence-corrected chi connectivity index (χ0v) is 22.1. The van der Waals surface area contributed by atoms with E-state index in [9.17, 15) is 14.9 Å². The maximum Gasteiger partial charge on any atom is 0.271 e. The Labute approximate surface area is 222 Å². The summed E-state index contributed by atoms with van der Waals surface area (Å²) in [5.41, 5.74) is 6.13. The Morgan fingerprint density at radius 2 is 1.92 bits per heavy atom. The number of rotatable bonds is 6. The average Bonchev–Trinajstić information content (AvgIpc) is 3.50. The van der Waals surface area contributed by atoms with Gasteiger partial charge < -0.3 is 4.74 Å². The molecule has 2 aliphatic rings. The van der Waals surface area contributed by atoms with E-state index in [2.05, 4.69) is 19.1 Å². The molecule has 7 nitrogen and oxygen atoms in total. The van der Waals surface area contributed by atoms with Crippen molar-refractivity contribution in [1.29, 1.82) is 5.26 Å². The molecule has 0 unspecified atom stereocenters. The molecule has 5 rings (SSSR count). The number of nitrogens with zero attached hydrogens (tertiary/aromatic N) is 4. The first-order valence-electron chi connectivity index (χ1n) is 13.0. The average molecular weight is 507 g/mol. The highest BCUT2D eigenvalue weighted by Gasteiger charge is 2.35. The summed E-state index contributed by atoms with van der Waals surface area (Å²) in [4.78, 5) is 27.6. The molecule has 192 valence electrons. The van der Waals surface area contributed by atoms with Crippen LogP contribution in [-0.2, 0) is 16.0 Å². The first kappa shape index (κ1) is 25.2. The Bertz CT molecular complexity index is 1540. The topological polar surface area (TPSA) is 88.2 Å². The van der Waals surface area contributed by atoms with Gasteiger partial charge in [0.15, 0.2) is 0 Å². The van der Waals surface area contributed by atoms with Crippen molar-refractivity contribution in [3.8, 4) is 28.8 Å². The van der Waals surface area contributed by atoms with Crippen LogP contribution in [0.3, 0.4) is 0 Å². The molecule has 2 amide bonds. The van der Waals surface area contributed by atoms with Crippen molar-refractivity contribution in [1.82, 2.24) is 14.7 Å². The van der Waals surface area contributed by atoms with Gasteiger partial charge in [-0.3, -0.25) is 14.5 Å². The Morgan fingerprint density at radius 1 is 1.16 bits per heavy atom. The molecule has 2 aliphatic heterocycles. The largest absolute Gasteiger partial charge is 0.490 e. The number of aromatic nitrogens is 2. The third-order valence-corrected chi connectivity index (χ3v) is 7.08. The quantitative estimate of drug-likeness (QED) is 0.322. The van der Waals surface area contributed by atoms with Crippen LogP contribution in [0.4, 0.5) is 0 Å². The van der Waals surface area contributed by atoms with Gasteiger partial charge in [-0.2, -0.15) is 10.4 Å². The van der Waals surface area contributed by atoms with E-state index in [1.807, 2.05) is 56.4 Å². The Morgan fingerprint density at radius 3 is 2.63 bits per heavy atom. The van der Waals surface area contributed by atoms with Crippen LogP contribution in [0.5, 0.6) is 5.75 Å². The fourth-order valence-corrected chi connectivity index (χ4v) is 5.09. The van der Waals surface area contributed by atoms with Crippen molar-refractivity contribution in [2.75, 3.05) is 6.54 Å². The lowest BCUT2D eigenvalue weighted by Crippen LogP contribution is -2.43. The minimum atomic E-state index is -0.524. The van der Waals surface area contributed by atoms with Crippen molar-refractivity contribution in [2.45, 2.75) is 53.1 Å². The second-order valence-corrected chi connectivity index (χ2v) is 9.91. The van der Waals surface area contributed by atoms with Crippen molar-refractivity contribution in [2.24, 2.45) is 0 Å². The highest BCUT2D eigenvalue weighted by atomic mass is 16.5. The number of imide groups is 1. The fraction of sp³-hybridized carbons (Fsp3) is 0.290. The van der Waals surface area contributed by atoms with Gasteiger partial charge in [0.05, 0.1) is 11.4 Å². The summed E-state index contributed by atoms with van der Waals surface area (Å²) in [5.74, 6) is 0.0171. The molecular weight excluding hydrogens is 476 g/mol. The molecule has 0 radical (unpaired) electrons. The first-order valence-corrected chi connectivity index (χ1v) is 13.0. The van der Waals surface area contributed by atoms with Gasteiger partial charge in [0.2, 0.25) is 0 Å². The SMILES string of the molecule is CCCCN1C(=O)C(C#N)=C(C)/C(=C/c2cn(-c3ccccc3)nc2-c2cc(C)c3c(c2)C[C@@H](C)O3)C1=O. The number of amides is 2. The molecule has 0 bridgehead atoms. The van der Waals surface area contributed by atoms with Crippen LogP contribution in [0.25, 0.3) is 23.0 Å². The van der Waals surface area contributed by atoms with Crippen LogP contribution in [0.2, 0.25) is 0 Å². The zero-order chi connectivity index (χ0) is 27.0. The van der Waals surface area contributed by atoms with Gasteiger partial charge in [-0.25, -0.2) is 4.68 Å². The molecule has 2 aromatic carbocycles. The summed E-state index contributed by atoms with van der Waals surface area (Å²) in [6, 6.07) is 16.0. The number of carbonyl (C=O) groups excluding carboxylic acids is 2. The van der Waals surface area contributed by atoms with Crippen molar-refractivity contribution < 1.29 is 14.3 Å². The maximum atomic E-state index is 13.5. The summed E-state index contributed by atoms with van der Waals surface area (Å²) >= 11 is 0. The van der Waals surface area contributed by atoms with Crippen molar-refractivity contribution >= 4 is 17.9 Å². The predicted molar refractivity (Wildman–Crippen MR) is 145 cm³/mol. The number of ether oxygens (including phenoxy) is 1. The number of hydrogen-bond acceptors (Lipinski definition) is 5. The Hall–Kier alpha value is -4.44. The van der Waals surface area contributed by atoms with Gasteiger partial charge in [0.1, 0.15) is 23.5 Å². The van der Waals surface area contributed by atoms with Crippen LogP contribution < -0.4 is 4.74 Å². The molecule has 1 aromatic heterocycles. The van der Waals surface area contributed by atoms with Crippen LogP contribution in [0, 0.1) is 18.3 Å². The molecule has 1 atom stereocenters. The lowest BCUT2D eigenvalue weighted by molar-refractivity contribution is -0.140. The fourth-order valence-electron chi connectivity index (χ4n) is 5.09. The highest BCUT2D eigenvalue weighted by molar-refractivity contribution is 6.19. The normalized spacial score (nSPS) is 18.1. The Kier molecular flexibility index (Phi) is 6.73. The molecule has 3 aromatic rings. The molecular formula is C31H30N4O3. The summed E-state index contributed by atoms with van der Waals surface area (Å²) in [5, 5.41) is 14.7. The summed E-state index contributed by atoms with van der Waals surface area (Å²) in [6.45, 7) is 8.03. The van der Waals surface area contributed by atoms with Crippen LogP contribution in [-0.4, -0.2) is 39.1 Å². The van der Waals surface area contributed by atoms with E-state index in [1.54, 1.807) is 17.7 Å². The van der Waals surface area contributed by atoms with E-state index in [0.717, 1.165) is 46.5 Å². The highest BCUT2D eigenvalue weighted by Crippen LogP contribution is 2.38. The molecule has 0 N–H and O–H groups in total. The molecule has 0 fully saturated rings. The maximum absolute atomic E-state index is 13.5. The summed E-state index contributed by atoms with van der Waals surface area (Å²) in [6.07, 6.45) is 6.10. The minimum Gasteiger partial charge on any atom is -0.490 e. The number of para-hydroxylation sites is 1. The standard InChI is InChI=1S/C31H30N4O3/c1-5-6-12-34-30(36)26(21(4)27(17-32)31(34)37)16-24-18-35(25-10-8-7-9-11-25)33-28(24)22-13-19(2)29-23(15-22)14-20(3)38-29/h7-11,13,15-16,18,20H,5-6,12,14H2,1-4H3/b26-16-/t20-/m1/s1.